The second-order valence-corrected chi connectivity index (χ2v) is 14.7. The van der Waals surface area contributed by atoms with Crippen molar-refractivity contribution >= 4 is 20.4 Å². The lowest BCUT2D eigenvalue weighted by atomic mass is 9.81. The van der Waals surface area contributed by atoms with E-state index in [9.17, 15) is 14.7 Å². The number of benzene rings is 1. The van der Waals surface area contributed by atoms with Crippen molar-refractivity contribution in [2.24, 2.45) is 5.41 Å². The van der Waals surface area contributed by atoms with E-state index in [1.807, 2.05) is 37.3 Å². The van der Waals surface area contributed by atoms with Crippen molar-refractivity contribution in [3.05, 3.63) is 35.9 Å². The molecule has 7 heteroatoms. The van der Waals surface area contributed by atoms with E-state index >= 15 is 0 Å². The predicted octanol–water partition coefficient (Wildman–Crippen LogP) is 5.58. The number of nitrogens with one attached hydrogen (secondary N) is 1. The summed E-state index contributed by atoms with van der Waals surface area (Å²) in [6.45, 7) is 16.0. The zero-order valence-corrected chi connectivity index (χ0v) is 20.7. The van der Waals surface area contributed by atoms with E-state index < -0.39 is 37.9 Å². The molecule has 0 heterocycles. The Morgan fingerprint density at radius 1 is 1.10 bits per heavy atom. The second-order valence-electron chi connectivity index (χ2n) is 9.93. The fourth-order valence-corrected chi connectivity index (χ4v) is 4.32. The number of rotatable bonds is 10. The molecule has 0 fully saturated rings. The van der Waals surface area contributed by atoms with E-state index in [4.69, 9.17) is 9.16 Å². The van der Waals surface area contributed by atoms with Gasteiger partial charge < -0.3 is 19.6 Å². The minimum Gasteiger partial charge on any atom is -0.481 e. The molecular weight excluding hydrogens is 398 g/mol. The zero-order valence-electron chi connectivity index (χ0n) is 19.7. The highest BCUT2D eigenvalue weighted by Gasteiger charge is 2.48. The van der Waals surface area contributed by atoms with Crippen molar-refractivity contribution in [1.29, 1.82) is 0 Å². The molecule has 1 unspecified atom stereocenters. The van der Waals surface area contributed by atoms with Crippen molar-refractivity contribution in [2.75, 3.05) is 0 Å². The number of ether oxygens (including phenoxy) is 1. The van der Waals surface area contributed by atoms with Gasteiger partial charge in [0.2, 0.25) is 0 Å². The summed E-state index contributed by atoms with van der Waals surface area (Å²) in [5, 5.41) is 12.7. The molecule has 0 bridgehead atoms. The molecule has 1 rings (SSSR count). The number of hydrogen-bond acceptors (Lipinski definition) is 4. The van der Waals surface area contributed by atoms with Crippen LogP contribution in [0, 0.1) is 5.41 Å². The smallest absolute Gasteiger partial charge is 0.407 e. The summed E-state index contributed by atoms with van der Waals surface area (Å²) >= 11 is 0. The number of amides is 1. The number of carboxylic acid groups (broad SMARTS) is 1. The van der Waals surface area contributed by atoms with Gasteiger partial charge in [-0.3, -0.25) is 4.79 Å². The number of carbonyl (C=O) groups excluding carboxylic acids is 1. The van der Waals surface area contributed by atoms with E-state index in [1.165, 1.54) is 0 Å². The molecule has 1 aromatic carbocycles. The molecule has 170 valence electrons. The van der Waals surface area contributed by atoms with Crippen LogP contribution in [0.25, 0.3) is 0 Å². The molecule has 0 spiro atoms. The van der Waals surface area contributed by atoms with Crippen LogP contribution in [0.15, 0.2) is 30.3 Å². The first-order valence-corrected chi connectivity index (χ1v) is 13.5. The van der Waals surface area contributed by atoms with Gasteiger partial charge in [-0.15, -0.1) is 0 Å². The highest BCUT2D eigenvalue weighted by atomic mass is 28.4. The predicted molar refractivity (Wildman–Crippen MR) is 122 cm³/mol. The van der Waals surface area contributed by atoms with E-state index in [1.54, 1.807) is 13.8 Å². The van der Waals surface area contributed by atoms with Crippen LogP contribution < -0.4 is 5.32 Å². The van der Waals surface area contributed by atoms with Gasteiger partial charge in [0.15, 0.2) is 8.32 Å². The van der Waals surface area contributed by atoms with Crippen LogP contribution in [0.1, 0.15) is 59.9 Å². The van der Waals surface area contributed by atoms with Gasteiger partial charge in [-0.2, -0.15) is 0 Å². The average molecular weight is 438 g/mol. The first-order chi connectivity index (χ1) is 13.7. The summed E-state index contributed by atoms with van der Waals surface area (Å²) in [7, 11) is -2.29. The maximum Gasteiger partial charge on any atom is 0.407 e. The molecule has 1 aromatic rings. The Kier molecular flexibility index (Phi) is 9.11. The van der Waals surface area contributed by atoms with Gasteiger partial charge in [0.05, 0.1) is 17.6 Å². The molecule has 2 N–H and O–H groups in total. The lowest BCUT2D eigenvalue weighted by Crippen LogP contribution is -2.58. The van der Waals surface area contributed by atoms with Crippen molar-refractivity contribution in [1.82, 2.24) is 5.32 Å². The summed E-state index contributed by atoms with van der Waals surface area (Å²) in [5.41, 5.74) is -0.290. The minimum atomic E-state index is -2.29. The molecule has 0 aromatic heterocycles. The SMILES string of the molecule is CCC[C@H](NC(=O)OCc1ccccc1)C(O[Si](C)(C)C(C)(C)C)C(C)(C)C(=O)O. The number of carboxylic acids is 1. The molecule has 2 atom stereocenters. The number of hydrogen-bond donors (Lipinski definition) is 2. The first kappa shape index (κ1) is 26.2. The van der Waals surface area contributed by atoms with Crippen LogP contribution in [0.2, 0.25) is 18.1 Å². The third kappa shape index (κ3) is 7.13. The molecule has 0 saturated heterocycles. The van der Waals surface area contributed by atoms with Crippen molar-refractivity contribution < 1.29 is 23.9 Å². The number of aliphatic carboxylic acids is 1. The van der Waals surface area contributed by atoms with Gasteiger partial charge in [-0.25, -0.2) is 4.79 Å². The Labute approximate surface area is 182 Å². The third-order valence-electron chi connectivity index (χ3n) is 5.97. The van der Waals surface area contributed by atoms with E-state index in [-0.39, 0.29) is 11.6 Å². The normalized spacial score (nSPS) is 14.7. The summed E-state index contributed by atoms with van der Waals surface area (Å²) < 4.78 is 12.0. The van der Waals surface area contributed by atoms with Crippen molar-refractivity contribution in [2.45, 2.75) is 91.3 Å². The molecule has 1 amide bonds. The second kappa shape index (κ2) is 10.4. The highest BCUT2D eigenvalue weighted by molar-refractivity contribution is 6.74. The molecule has 30 heavy (non-hydrogen) atoms. The number of alkyl carbamates (subject to hydrolysis) is 1. The Morgan fingerprint density at radius 3 is 2.13 bits per heavy atom. The van der Waals surface area contributed by atoms with Gasteiger partial charge in [0.25, 0.3) is 0 Å². The van der Waals surface area contributed by atoms with Gasteiger partial charge in [-0.05, 0) is 44.0 Å². The lowest BCUT2D eigenvalue weighted by molar-refractivity contribution is -0.154. The summed E-state index contributed by atoms with van der Waals surface area (Å²) in [4.78, 5) is 24.6. The summed E-state index contributed by atoms with van der Waals surface area (Å²) in [6, 6.07) is 8.96. The molecular formula is C23H39NO5Si. The minimum absolute atomic E-state index is 0.0928. The molecule has 0 saturated carbocycles. The van der Waals surface area contributed by atoms with Gasteiger partial charge in [0, 0.05) is 0 Å². The Morgan fingerprint density at radius 2 is 1.67 bits per heavy atom. The zero-order chi connectivity index (χ0) is 23.2. The van der Waals surface area contributed by atoms with Crippen LogP contribution in [-0.4, -0.2) is 37.6 Å². The highest BCUT2D eigenvalue weighted by Crippen LogP contribution is 2.41. The summed E-state index contributed by atoms with van der Waals surface area (Å²) in [6.07, 6.45) is 0.120. The van der Waals surface area contributed by atoms with E-state index in [0.29, 0.717) is 6.42 Å². The first-order valence-electron chi connectivity index (χ1n) is 10.6. The largest absolute Gasteiger partial charge is 0.481 e. The van der Waals surface area contributed by atoms with Gasteiger partial charge in [-0.1, -0.05) is 64.4 Å². The Hall–Kier alpha value is -1.86. The lowest BCUT2D eigenvalue weighted by Gasteiger charge is -2.45. The van der Waals surface area contributed by atoms with E-state index in [0.717, 1.165) is 12.0 Å². The summed E-state index contributed by atoms with van der Waals surface area (Å²) in [5.74, 6) is -0.952. The van der Waals surface area contributed by atoms with Crippen LogP contribution in [-0.2, 0) is 20.6 Å². The average Bonchev–Trinajstić information content (AvgIpc) is 2.64. The molecule has 0 aliphatic heterocycles. The van der Waals surface area contributed by atoms with Crippen molar-refractivity contribution in [3.63, 3.8) is 0 Å². The van der Waals surface area contributed by atoms with Gasteiger partial charge in [0.1, 0.15) is 6.61 Å². The fourth-order valence-electron chi connectivity index (χ4n) is 2.87. The van der Waals surface area contributed by atoms with Crippen LogP contribution in [0.4, 0.5) is 4.79 Å². The molecule has 0 aliphatic carbocycles. The van der Waals surface area contributed by atoms with Crippen LogP contribution >= 0.6 is 0 Å². The van der Waals surface area contributed by atoms with Gasteiger partial charge >= 0.3 is 12.1 Å². The topological polar surface area (TPSA) is 84.9 Å². The standard InChI is InChI=1S/C23H39NO5Si/c1-9-13-18(24-21(27)28-16-17-14-11-10-12-15-17)19(23(5,6)20(25)26)29-30(7,8)22(2,3)4/h10-12,14-15,18-19H,9,13,16H2,1-8H3,(H,24,27)(H,25,26)/t18-,19?/m0/s1. The number of carbonyl (C=O) groups is 2. The Balaban J connectivity index is 3.08. The van der Waals surface area contributed by atoms with Crippen LogP contribution in [0.5, 0.6) is 0 Å². The fraction of sp³-hybridized carbons (Fsp3) is 0.652. The molecule has 6 nitrogen and oxygen atoms in total. The maximum atomic E-state index is 12.5. The maximum absolute atomic E-state index is 12.5. The Bertz CT molecular complexity index is 697. The molecule has 0 radical (unpaired) electrons. The third-order valence-corrected chi connectivity index (χ3v) is 10.4. The van der Waals surface area contributed by atoms with Crippen molar-refractivity contribution in [3.8, 4) is 0 Å². The monoisotopic (exact) mass is 437 g/mol. The van der Waals surface area contributed by atoms with E-state index in [2.05, 4.69) is 39.2 Å². The quantitative estimate of drug-likeness (QED) is 0.467. The van der Waals surface area contributed by atoms with Crippen LogP contribution in [0.3, 0.4) is 0 Å². The molecule has 0 aliphatic rings.